The maximum absolute atomic E-state index is 11.9. The second-order valence-electron chi connectivity index (χ2n) is 11.4. The molecule has 3 aromatic carbocycles. The van der Waals surface area contributed by atoms with E-state index in [1.54, 1.807) is 0 Å². The average Bonchev–Trinajstić information content (AvgIpc) is 3.07. The Bertz CT molecular complexity index is 1200. The minimum Gasteiger partial charge on any atom is -0.374 e. The average molecular weight is 620 g/mol. The van der Waals surface area contributed by atoms with Crippen molar-refractivity contribution in [2.75, 3.05) is 19.8 Å². The van der Waals surface area contributed by atoms with Gasteiger partial charge in [0.2, 0.25) is 5.91 Å². The van der Waals surface area contributed by atoms with E-state index in [1.165, 1.54) is 25.7 Å². The molecule has 1 amide bonds. The Balaban J connectivity index is 1.55. The van der Waals surface area contributed by atoms with Crippen LogP contribution in [-0.2, 0) is 53.0 Å². The molecule has 244 valence electrons. The van der Waals surface area contributed by atoms with Crippen LogP contribution in [0.2, 0.25) is 0 Å². The van der Waals surface area contributed by atoms with E-state index in [-0.39, 0.29) is 13.2 Å². The molecule has 1 heterocycles. The summed E-state index contributed by atoms with van der Waals surface area (Å²) in [6.07, 6.45) is 3.57. The van der Waals surface area contributed by atoms with Crippen molar-refractivity contribution >= 4 is 5.91 Å². The zero-order valence-corrected chi connectivity index (χ0v) is 26.5. The molecule has 45 heavy (non-hydrogen) atoms. The van der Waals surface area contributed by atoms with Crippen molar-refractivity contribution in [3.05, 3.63) is 108 Å². The summed E-state index contributed by atoms with van der Waals surface area (Å²) in [6.45, 7) is 3.70. The first-order valence-corrected chi connectivity index (χ1v) is 16.2. The smallest absolute Gasteiger partial charge is 0.243 e. The standard InChI is InChI=1S/C37H49NO7/c1-2-3-4-5-6-16-23-41-37-36(43-26-31-21-14-9-15-22-31)35(42-25-30-19-12-8-13-20-30)34(44-28-33(38)39)32(45-37)27-40-24-29-17-10-7-11-18-29/h7-15,17-22,32,34-37H,2-6,16,23-28H2,1H3,(H2,38,39)/t32-,34-,35+,36-,37-/m1/s1. The van der Waals surface area contributed by atoms with Gasteiger partial charge < -0.3 is 34.2 Å². The van der Waals surface area contributed by atoms with Gasteiger partial charge in [-0.3, -0.25) is 4.79 Å². The Morgan fingerprint density at radius 1 is 0.644 bits per heavy atom. The summed E-state index contributed by atoms with van der Waals surface area (Å²) in [5.74, 6) is -0.580. The summed E-state index contributed by atoms with van der Waals surface area (Å²) in [7, 11) is 0. The first-order valence-electron chi connectivity index (χ1n) is 16.2. The highest BCUT2D eigenvalue weighted by Gasteiger charge is 2.49. The molecule has 8 nitrogen and oxygen atoms in total. The van der Waals surface area contributed by atoms with E-state index in [0.717, 1.165) is 29.5 Å². The lowest BCUT2D eigenvalue weighted by Crippen LogP contribution is -2.62. The molecular weight excluding hydrogens is 570 g/mol. The summed E-state index contributed by atoms with van der Waals surface area (Å²) in [4.78, 5) is 11.9. The van der Waals surface area contributed by atoms with Gasteiger partial charge in [-0.15, -0.1) is 0 Å². The number of ether oxygens (including phenoxy) is 6. The number of hydrogen-bond donors (Lipinski definition) is 1. The van der Waals surface area contributed by atoms with Crippen LogP contribution < -0.4 is 5.73 Å². The maximum atomic E-state index is 11.9. The van der Waals surface area contributed by atoms with Crippen molar-refractivity contribution < 1.29 is 33.2 Å². The Labute approximate surface area is 268 Å². The fourth-order valence-electron chi connectivity index (χ4n) is 5.37. The van der Waals surface area contributed by atoms with Crippen LogP contribution in [0, 0.1) is 0 Å². The van der Waals surface area contributed by atoms with Gasteiger partial charge in [0.1, 0.15) is 31.0 Å². The van der Waals surface area contributed by atoms with Crippen LogP contribution in [0.1, 0.15) is 62.1 Å². The Morgan fingerprint density at radius 2 is 1.18 bits per heavy atom. The highest BCUT2D eigenvalue weighted by Crippen LogP contribution is 2.31. The molecule has 1 aliphatic rings. The Kier molecular flexibility index (Phi) is 15.5. The summed E-state index contributed by atoms with van der Waals surface area (Å²) in [5, 5.41) is 0. The third-order valence-corrected chi connectivity index (χ3v) is 7.75. The number of carbonyl (C=O) groups is 1. The highest BCUT2D eigenvalue weighted by atomic mass is 16.7. The number of rotatable bonds is 21. The number of benzene rings is 3. The van der Waals surface area contributed by atoms with E-state index in [4.69, 9.17) is 34.2 Å². The second-order valence-corrected chi connectivity index (χ2v) is 11.4. The normalized spacial score (nSPS) is 21.5. The monoisotopic (exact) mass is 619 g/mol. The van der Waals surface area contributed by atoms with Gasteiger partial charge in [-0.05, 0) is 23.1 Å². The number of amides is 1. The molecule has 1 saturated heterocycles. The zero-order valence-electron chi connectivity index (χ0n) is 26.5. The molecule has 0 aliphatic carbocycles. The predicted octanol–water partition coefficient (Wildman–Crippen LogP) is 6.35. The third kappa shape index (κ3) is 12.3. The molecule has 2 N–H and O–H groups in total. The Morgan fingerprint density at radius 3 is 1.76 bits per heavy atom. The van der Waals surface area contributed by atoms with Gasteiger partial charge in [-0.25, -0.2) is 0 Å². The van der Waals surface area contributed by atoms with E-state index in [1.807, 2.05) is 91.0 Å². The largest absolute Gasteiger partial charge is 0.374 e. The maximum Gasteiger partial charge on any atom is 0.243 e. The molecular formula is C37H49NO7. The molecule has 0 bridgehead atoms. The quantitative estimate of drug-likeness (QED) is 0.139. The van der Waals surface area contributed by atoms with Gasteiger partial charge in [-0.1, -0.05) is 130 Å². The minimum absolute atomic E-state index is 0.200. The molecule has 1 fully saturated rings. The van der Waals surface area contributed by atoms with Crippen LogP contribution in [0.25, 0.3) is 0 Å². The number of unbranched alkanes of at least 4 members (excludes halogenated alkanes) is 5. The lowest BCUT2D eigenvalue weighted by molar-refractivity contribution is -0.326. The van der Waals surface area contributed by atoms with Crippen molar-refractivity contribution in [3.8, 4) is 0 Å². The fraction of sp³-hybridized carbons (Fsp3) is 0.486. The number of hydrogen-bond acceptors (Lipinski definition) is 7. The van der Waals surface area contributed by atoms with Crippen molar-refractivity contribution in [2.45, 2.75) is 96.0 Å². The van der Waals surface area contributed by atoms with E-state index in [9.17, 15) is 4.79 Å². The van der Waals surface area contributed by atoms with Gasteiger partial charge in [0, 0.05) is 6.61 Å². The number of nitrogens with two attached hydrogens (primary N) is 1. The topological polar surface area (TPSA) is 98.5 Å². The van der Waals surface area contributed by atoms with Crippen molar-refractivity contribution in [3.63, 3.8) is 0 Å². The lowest BCUT2D eigenvalue weighted by atomic mass is 9.98. The van der Waals surface area contributed by atoms with Gasteiger partial charge in [0.25, 0.3) is 0 Å². The molecule has 4 rings (SSSR count). The molecule has 0 saturated carbocycles. The van der Waals surface area contributed by atoms with E-state index in [2.05, 4.69) is 6.92 Å². The molecule has 0 radical (unpaired) electrons. The summed E-state index contributed by atoms with van der Waals surface area (Å²) < 4.78 is 38.4. The van der Waals surface area contributed by atoms with Gasteiger partial charge in [0.15, 0.2) is 6.29 Å². The van der Waals surface area contributed by atoms with Crippen LogP contribution >= 0.6 is 0 Å². The third-order valence-electron chi connectivity index (χ3n) is 7.75. The van der Waals surface area contributed by atoms with Gasteiger partial charge in [-0.2, -0.15) is 0 Å². The molecule has 0 unspecified atom stereocenters. The molecule has 1 aliphatic heterocycles. The molecule has 0 aromatic heterocycles. The Hall–Kier alpha value is -3.11. The van der Waals surface area contributed by atoms with Crippen LogP contribution in [0.5, 0.6) is 0 Å². The van der Waals surface area contributed by atoms with Crippen LogP contribution in [0.4, 0.5) is 0 Å². The number of primary amides is 1. The molecule has 8 heteroatoms. The van der Waals surface area contributed by atoms with Crippen LogP contribution in [0.3, 0.4) is 0 Å². The molecule has 0 spiro atoms. The van der Waals surface area contributed by atoms with Gasteiger partial charge >= 0.3 is 0 Å². The van der Waals surface area contributed by atoms with Crippen molar-refractivity contribution in [1.29, 1.82) is 0 Å². The fourth-order valence-corrected chi connectivity index (χ4v) is 5.37. The first kappa shape index (κ1) is 34.8. The second kappa shape index (κ2) is 20.1. The highest BCUT2D eigenvalue weighted by molar-refractivity contribution is 5.75. The molecule has 5 atom stereocenters. The summed E-state index contributed by atoms with van der Waals surface area (Å²) >= 11 is 0. The first-order chi connectivity index (χ1) is 22.1. The predicted molar refractivity (Wildman–Crippen MR) is 173 cm³/mol. The van der Waals surface area contributed by atoms with E-state index >= 15 is 0 Å². The van der Waals surface area contributed by atoms with Crippen molar-refractivity contribution in [2.24, 2.45) is 5.73 Å². The van der Waals surface area contributed by atoms with E-state index in [0.29, 0.717) is 26.4 Å². The SMILES string of the molecule is CCCCCCCCO[C@@H]1O[C@H](COCc2ccccc2)[C@@H](OCC(N)=O)[C@H](OCc2ccccc2)[C@H]1OCc1ccccc1. The van der Waals surface area contributed by atoms with Gasteiger partial charge in [0.05, 0.1) is 26.4 Å². The number of carbonyl (C=O) groups excluding carboxylic acids is 1. The van der Waals surface area contributed by atoms with Crippen molar-refractivity contribution in [1.82, 2.24) is 0 Å². The van der Waals surface area contributed by atoms with Crippen LogP contribution in [0.15, 0.2) is 91.0 Å². The minimum atomic E-state index is -0.733. The van der Waals surface area contributed by atoms with Crippen LogP contribution in [-0.4, -0.2) is 56.4 Å². The summed E-state index contributed by atoms with van der Waals surface area (Å²) in [6, 6.07) is 29.8. The lowest BCUT2D eigenvalue weighted by Gasteiger charge is -2.45. The summed E-state index contributed by atoms with van der Waals surface area (Å²) in [5.41, 5.74) is 8.58. The molecule has 3 aromatic rings. The van der Waals surface area contributed by atoms with E-state index < -0.39 is 36.6 Å². The zero-order chi connectivity index (χ0) is 31.5.